The molecule has 0 radical (unpaired) electrons. The highest BCUT2D eigenvalue weighted by atomic mass is 16.5. The van der Waals surface area contributed by atoms with E-state index in [0.29, 0.717) is 0 Å². The average molecular weight is 232 g/mol. The fraction of sp³-hybridized carbons (Fsp3) is 0.667. The maximum absolute atomic E-state index is 11.5. The molecule has 0 aliphatic heterocycles. The summed E-state index contributed by atoms with van der Waals surface area (Å²) in [5.41, 5.74) is 0. The van der Waals surface area contributed by atoms with Gasteiger partial charge in [-0.2, -0.15) is 0 Å². The van der Waals surface area contributed by atoms with Crippen molar-refractivity contribution in [3.05, 3.63) is 0 Å². The van der Waals surface area contributed by atoms with E-state index in [4.69, 9.17) is 5.11 Å². The third kappa shape index (κ3) is 5.18. The molecule has 0 rings (SSSR count). The quantitative estimate of drug-likeness (QED) is 0.698. The normalized spacial score (nSPS) is 9.44. The van der Waals surface area contributed by atoms with Gasteiger partial charge < -0.3 is 19.6 Å². The van der Waals surface area contributed by atoms with Crippen LogP contribution in [0.4, 0.5) is 4.79 Å². The summed E-state index contributed by atoms with van der Waals surface area (Å²) in [5, 5.41) is 8.43. The van der Waals surface area contributed by atoms with E-state index in [1.165, 1.54) is 26.1 Å². The zero-order valence-corrected chi connectivity index (χ0v) is 9.60. The second-order valence-corrected chi connectivity index (χ2v) is 3.29. The minimum atomic E-state index is -0.971. The number of likely N-dealkylation sites (N-methyl/N-ethyl adjacent to an activating group) is 2. The Balaban J connectivity index is 4.04. The number of carboxylic acids is 1. The third-order valence-electron chi connectivity index (χ3n) is 1.95. The summed E-state index contributed by atoms with van der Waals surface area (Å²) in [7, 11) is 4.13. The van der Waals surface area contributed by atoms with Crippen molar-refractivity contribution in [2.24, 2.45) is 0 Å². The Morgan fingerprint density at radius 3 is 2.19 bits per heavy atom. The van der Waals surface area contributed by atoms with Crippen molar-refractivity contribution in [2.45, 2.75) is 6.42 Å². The second kappa shape index (κ2) is 6.65. The van der Waals surface area contributed by atoms with E-state index >= 15 is 0 Å². The van der Waals surface area contributed by atoms with Gasteiger partial charge in [-0.1, -0.05) is 0 Å². The number of aliphatic carboxylic acids is 1. The van der Waals surface area contributed by atoms with Crippen LogP contribution in [0.5, 0.6) is 0 Å². The maximum atomic E-state index is 11.5. The number of ether oxygens (including phenoxy) is 1. The van der Waals surface area contributed by atoms with E-state index in [-0.39, 0.29) is 25.4 Å². The lowest BCUT2D eigenvalue weighted by molar-refractivity contribution is -0.138. The van der Waals surface area contributed by atoms with Gasteiger partial charge in [0.05, 0.1) is 13.5 Å². The Hall–Kier alpha value is -1.79. The van der Waals surface area contributed by atoms with E-state index in [1.807, 2.05) is 0 Å². The largest absolute Gasteiger partial charge is 0.481 e. The minimum absolute atomic E-state index is 0.114. The molecule has 0 spiro atoms. The van der Waals surface area contributed by atoms with Gasteiger partial charge in [-0.25, -0.2) is 4.79 Å². The summed E-state index contributed by atoms with van der Waals surface area (Å²) in [4.78, 5) is 35.1. The van der Waals surface area contributed by atoms with Crippen LogP contribution in [0.1, 0.15) is 6.42 Å². The number of carbonyl (C=O) groups is 3. The number of rotatable bonds is 5. The first-order chi connectivity index (χ1) is 7.38. The fourth-order valence-corrected chi connectivity index (χ4v) is 0.932. The smallest absolute Gasteiger partial charge is 0.409 e. The van der Waals surface area contributed by atoms with Crippen molar-refractivity contribution in [1.82, 2.24) is 9.80 Å². The number of hydrogen-bond donors (Lipinski definition) is 1. The summed E-state index contributed by atoms with van der Waals surface area (Å²) in [5.74, 6) is -1.31. The lowest BCUT2D eigenvalue weighted by Crippen LogP contribution is -2.40. The Morgan fingerprint density at radius 1 is 1.19 bits per heavy atom. The van der Waals surface area contributed by atoms with Crippen molar-refractivity contribution < 1.29 is 24.2 Å². The molecule has 1 N–H and O–H groups in total. The van der Waals surface area contributed by atoms with Crippen LogP contribution in [0.3, 0.4) is 0 Å². The van der Waals surface area contributed by atoms with E-state index in [0.717, 1.165) is 4.90 Å². The number of methoxy groups -OCH3 is 1. The third-order valence-corrected chi connectivity index (χ3v) is 1.95. The molecule has 92 valence electrons. The van der Waals surface area contributed by atoms with Crippen LogP contribution in [0.15, 0.2) is 0 Å². The molecular formula is C9H16N2O5. The Bertz CT molecular complexity index is 279. The number of amides is 2. The first-order valence-corrected chi connectivity index (χ1v) is 4.63. The van der Waals surface area contributed by atoms with Crippen molar-refractivity contribution in [3.63, 3.8) is 0 Å². The molecular weight excluding hydrogens is 216 g/mol. The van der Waals surface area contributed by atoms with Crippen LogP contribution < -0.4 is 0 Å². The van der Waals surface area contributed by atoms with Crippen molar-refractivity contribution in [1.29, 1.82) is 0 Å². The predicted octanol–water partition coefficient (Wildman–Crippen LogP) is -0.382. The molecule has 0 heterocycles. The molecule has 7 heteroatoms. The van der Waals surface area contributed by atoms with Gasteiger partial charge in [-0.05, 0) is 0 Å². The van der Waals surface area contributed by atoms with Gasteiger partial charge in [0, 0.05) is 20.6 Å². The molecule has 0 bridgehead atoms. The molecule has 0 atom stereocenters. The summed E-state index contributed by atoms with van der Waals surface area (Å²) < 4.78 is 4.41. The van der Waals surface area contributed by atoms with Gasteiger partial charge in [-0.15, -0.1) is 0 Å². The van der Waals surface area contributed by atoms with Gasteiger partial charge in [0.15, 0.2) is 0 Å². The molecule has 16 heavy (non-hydrogen) atoms. The first kappa shape index (κ1) is 14.2. The highest BCUT2D eigenvalue weighted by Gasteiger charge is 2.16. The molecule has 7 nitrogen and oxygen atoms in total. The van der Waals surface area contributed by atoms with Gasteiger partial charge in [-0.3, -0.25) is 9.59 Å². The highest BCUT2D eigenvalue weighted by Crippen LogP contribution is 1.94. The molecule has 2 amide bonds. The number of carbonyl (C=O) groups excluding carboxylic acids is 2. The fourth-order valence-electron chi connectivity index (χ4n) is 0.932. The molecule has 0 aromatic carbocycles. The van der Waals surface area contributed by atoms with Crippen LogP contribution in [0.25, 0.3) is 0 Å². The zero-order valence-electron chi connectivity index (χ0n) is 9.60. The number of hydrogen-bond acceptors (Lipinski definition) is 4. The molecule has 0 saturated heterocycles. The minimum Gasteiger partial charge on any atom is -0.481 e. The van der Waals surface area contributed by atoms with Crippen LogP contribution >= 0.6 is 0 Å². The molecule has 0 saturated carbocycles. The van der Waals surface area contributed by atoms with Gasteiger partial charge >= 0.3 is 12.1 Å². The van der Waals surface area contributed by atoms with Crippen molar-refractivity contribution in [2.75, 3.05) is 34.3 Å². The average Bonchev–Trinajstić information content (AvgIpc) is 2.24. The Morgan fingerprint density at radius 2 is 1.75 bits per heavy atom. The molecule has 0 aromatic heterocycles. The first-order valence-electron chi connectivity index (χ1n) is 4.63. The molecule has 0 aromatic rings. The lowest BCUT2D eigenvalue weighted by atomic mass is 10.4. The predicted molar refractivity (Wildman–Crippen MR) is 54.9 cm³/mol. The summed E-state index contributed by atoms with van der Waals surface area (Å²) in [6.07, 6.45) is -0.732. The van der Waals surface area contributed by atoms with Gasteiger partial charge in [0.25, 0.3) is 0 Å². The maximum Gasteiger partial charge on any atom is 0.409 e. The Labute approximate surface area is 93.6 Å². The second-order valence-electron chi connectivity index (χ2n) is 3.29. The molecule has 0 unspecified atom stereocenters. The summed E-state index contributed by atoms with van der Waals surface area (Å²) in [6, 6.07) is 0. The van der Waals surface area contributed by atoms with Crippen LogP contribution in [-0.4, -0.2) is 67.2 Å². The monoisotopic (exact) mass is 232 g/mol. The van der Waals surface area contributed by atoms with E-state index in [1.54, 1.807) is 0 Å². The number of nitrogens with zero attached hydrogens (tertiary/aromatic N) is 2. The molecule has 0 aliphatic rings. The Kier molecular flexibility index (Phi) is 5.91. The summed E-state index contributed by atoms with van der Waals surface area (Å²) >= 11 is 0. The number of carboxylic acid groups (broad SMARTS) is 1. The van der Waals surface area contributed by atoms with Gasteiger partial charge in [0.1, 0.15) is 6.54 Å². The molecule has 0 fully saturated rings. The van der Waals surface area contributed by atoms with Gasteiger partial charge in [0.2, 0.25) is 5.91 Å². The van der Waals surface area contributed by atoms with E-state index in [2.05, 4.69) is 4.74 Å². The van der Waals surface area contributed by atoms with E-state index in [9.17, 15) is 14.4 Å². The lowest BCUT2D eigenvalue weighted by Gasteiger charge is -2.20. The van der Waals surface area contributed by atoms with Crippen LogP contribution in [0.2, 0.25) is 0 Å². The van der Waals surface area contributed by atoms with Crippen molar-refractivity contribution in [3.8, 4) is 0 Å². The highest BCUT2D eigenvalue weighted by molar-refractivity contribution is 5.82. The van der Waals surface area contributed by atoms with Crippen LogP contribution in [0, 0.1) is 0 Å². The summed E-state index contributed by atoms with van der Waals surface area (Å²) in [6.45, 7) is -0.0219. The standard InChI is InChI=1S/C9H16N2O5/c1-10(5-4-8(13)14)7(12)6-11(2)9(15)16-3/h4-6H2,1-3H3,(H,13,14). The topological polar surface area (TPSA) is 87.2 Å². The zero-order chi connectivity index (χ0) is 12.7. The SMILES string of the molecule is COC(=O)N(C)CC(=O)N(C)CCC(=O)O. The van der Waals surface area contributed by atoms with Crippen LogP contribution in [-0.2, 0) is 14.3 Å². The van der Waals surface area contributed by atoms with E-state index < -0.39 is 12.1 Å². The van der Waals surface area contributed by atoms with Crippen molar-refractivity contribution >= 4 is 18.0 Å². The molecule has 0 aliphatic carbocycles.